The number of nitrogens with two attached hydrogens (primary N) is 2. The summed E-state index contributed by atoms with van der Waals surface area (Å²) in [6, 6.07) is 11.3. The molecule has 18 heavy (non-hydrogen) atoms. The number of hydrogen-bond acceptors (Lipinski definition) is 4. The fraction of sp³-hybridized carbons (Fsp3) is 0.143. The van der Waals surface area contributed by atoms with Crippen molar-refractivity contribution in [3.63, 3.8) is 0 Å². The van der Waals surface area contributed by atoms with Crippen molar-refractivity contribution in [2.24, 2.45) is 0 Å². The van der Waals surface area contributed by atoms with Gasteiger partial charge in [-0.25, -0.2) is 0 Å². The molecule has 0 fully saturated rings. The van der Waals surface area contributed by atoms with Gasteiger partial charge in [0, 0.05) is 11.3 Å². The van der Waals surface area contributed by atoms with E-state index in [4.69, 9.17) is 20.9 Å². The van der Waals surface area contributed by atoms with Crippen molar-refractivity contribution in [1.82, 2.24) is 0 Å². The van der Waals surface area contributed by atoms with Crippen molar-refractivity contribution < 1.29 is 9.47 Å². The first-order valence-corrected chi connectivity index (χ1v) is 5.53. The maximum Gasteiger partial charge on any atom is 0.153 e. The Morgan fingerprint density at radius 3 is 2.33 bits per heavy atom. The maximum absolute atomic E-state index is 6.00. The molecule has 4 heteroatoms. The quantitative estimate of drug-likeness (QED) is 0.814. The molecular formula is C14H16N2O2. The molecule has 0 unspecified atom stereocenters. The van der Waals surface area contributed by atoms with E-state index in [1.54, 1.807) is 14.2 Å². The second-order valence-electron chi connectivity index (χ2n) is 3.89. The molecule has 0 heterocycles. The van der Waals surface area contributed by atoms with Crippen molar-refractivity contribution in [2.75, 3.05) is 25.7 Å². The lowest BCUT2D eigenvalue weighted by Gasteiger charge is -2.14. The van der Waals surface area contributed by atoms with Gasteiger partial charge in [-0.3, -0.25) is 0 Å². The van der Waals surface area contributed by atoms with Crippen LogP contribution in [0.1, 0.15) is 0 Å². The predicted octanol–water partition coefficient (Wildman–Crippen LogP) is 2.54. The fourth-order valence-electron chi connectivity index (χ4n) is 1.91. The van der Waals surface area contributed by atoms with Crippen LogP contribution in [-0.4, -0.2) is 14.2 Å². The summed E-state index contributed by atoms with van der Waals surface area (Å²) < 4.78 is 10.5. The molecule has 2 rings (SSSR count). The monoisotopic (exact) mass is 244 g/mol. The minimum absolute atomic E-state index is 0.486. The molecule has 94 valence electrons. The number of methoxy groups -OCH3 is 2. The Balaban J connectivity index is 2.61. The van der Waals surface area contributed by atoms with Gasteiger partial charge < -0.3 is 20.9 Å². The van der Waals surface area contributed by atoms with Gasteiger partial charge in [0.2, 0.25) is 0 Å². The molecule has 0 amide bonds. The molecule has 2 aromatic carbocycles. The van der Waals surface area contributed by atoms with Gasteiger partial charge in [-0.05, 0) is 29.8 Å². The summed E-state index contributed by atoms with van der Waals surface area (Å²) >= 11 is 0. The number of rotatable bonds is 3. The Kier molecular flexibility index (Phi) is 3.28. The van der Waals surface area contributed by atoms with Crippen LogP contribution in [0.4, 0.5) is 11.4 Å². The van der Waals surface area contributed by atoms with Gasteiger partial charge in [0.15, 0.2) is 5.75 Å². The Morgan fingerprint density at radius 2 is 1.72 bits per heavy atom. The van der Waals surface area contributed by atoms with E-state index in [1.165, 1.54) is 0 Å². The number of hydrogen-bond donors (Lipinski definition) is 2. The molecule has 0 aliphatic rings. The Hall–Kier alpha value is -2.36. The summed E-state index contributed by atoms with van der Waals surface area (Å²) in [4.78, 5) is 0. The van der Waals surface area contributed by atoms with Crippen LogP contribution in [0.15, 0.2) is 36.4 Å². The third kappa shape index (κ3) is 2.05. The second kappa shape index (κ2) is 4.87. The minimum Gasteiger partial charge on any atom is -0.494 e. The van der Waals surface area contributed by atoms with Crippen LogP contribution in [0.25, 0.3) is 11.1 Å². The van der Waals surface area contributed by atoms with E-state index in [9.17, 15) is 0 Å². The molecule has 0 spiro atoms. The number of ether oxygens (including phenoxy) is 2. The second-order valence-corrected chi connectivity index (χ2v) is 3.89. The summed E-state index contributed by atoms with van der Waals surface area (Å²) in [5, 5.41) is 0. The number of benzene rings is 2. The number of nitrogen functional groups attached to an aromatic ring is 2. The molecule has 4 nitrogen and oxygen atoms in total. The molecule has 0 saturated heterocycles. The Morgan fingerprint density at radius 1 is 0.944 bits per heavy atom. The van der Waals surface area contributed by atoms with Crippen molar-refractivity contribution >= 4 is 11.4 Å². The SMILES string of the molecule is COc1ccc(-c2cccc(N)c2)c(OC)c1N. The number of anilines is 2. The molecule has 0 saturated carbocycles. The van der Waals surface area contributed by atoms with Crippen LogP contribution in [-0.2, 0) is 0 Å². The zero-order valence-electron chi connectivity index (χ0n) is 10.4. The van der Waals surface area contributed by atoms with E-state index in [0.717, 1.165) is 11.1 Å². The highest BCUT2D eigenvalue weighted by Crippen LogP contribution is 2.40. The van der Waals surface area contributed by atoms with Crippen molar-refractivity contribution in [3.8, 4) is 22.6 Å². The molecule has 4 N–H and O–H groups in total. The first kappa shape index (κ1) is 12.1. The van der Waals surface area contributed by atoms with Crippen LogP contribution in [0.5, 0.6) is 11.5 Å². The van der Waals surface area contributed by atoms with Gasteiger partial charge in [-0.15, -0.1) is 0 Å². The van der Waals surface area contributed by atoms with Crippen molar-refractivity contribution in [2.45, 2.75) is 0 Å². The standard InChI is InChI=1S/C14H16N2O2/c1-17-12-7-6-11(14(18-2)13(12)16)9-4-3-5-10(15)8-9/h3-8H,15-16H2,1-2H3. The van der Waals surface area contributed by atoms with Crippen molar-refractivity contribution in [3.05, 3.63) is 36.4 Å². The summed E-state index contributed by atoms with van der Waals surface area (Å²) in [7, 11) is 3.16. The summed E-state index contributed by atoms with van der Waals surface area (Å²) in [5.41, 5.74) is 14.8. The largest absolute Gasteiger partial charge is 0.494 e. The van der Waals surface area contributed by atoms with Crippen LogP contribution in [0.3, 0.4) is 0 Å². The Bertz CT molecular complexity index is 568. The van der Waals surface area contributed by atoms with E-state index in [-0.39, 0.29) is 0 Å². The molecule has 0 aliphatic carbocycles. The van der Waals surface area contributed by atoms with Crippen LogP contribution < -0.4 is 20.9 Å². The molecule has 2 aromatic rings. The average Bonchev–Trinajstić information content (AvgIpc) is 2.38. The summed E-state index contributed by atoms with van der Waals surface area (Å²) in [6.07, 6.45) is 0. The van der Waals surface area contributed by atoms with Gasteiger partial charge >= 0.3 is 0 Å². The topological polar surface area (TPSA) is 70.5 Å². The van der Waals surface area contributed by atoms with Gasteiger partial charge in [0.25, 0.3) is 0 Å². The highest BCUT2D eigenvalue weighted by molar-refractivity contribution is 5.81. The van der Waals surface area contributed by atoms with E-state index in [0.29, 0.717) is 22.9 Å². The first-order valence-electron chi connectivity index (χ1n) is 5.53. The molecular weight excluding hydrogens is 228 g/mol. The fourth-order valence-corrected chi connectivity index (χ4v) is 1.91. The van der Waals surface area contributed by atoms with Crippen LogP contribution >= 0.6 is 0 Å². The lowest BCUT2D eigenvalue weighted by Crippen LogP contribution is -1.98. The van der Waals surface area contributed by atoms with E-state index in [1.807, 2.05) is 36.4 Å². The predicted molar refractivity (Wildman–Crippen MR) is 73.8 cm³/mol. The molecule has 0 atom stereocenters. The third-order valence-electron chi connectivity index (χ3n) is 2.78. The molecule has 0 aliphatic heterocycles. The minimum atomic E-state index is 0.486. The van der Waals surface area contributed by atoms with Crippen LogP contribution in [0, 0.1) is 0 Å². The zero-order chi connectivity index (χ0) is 13.1. The summed E-state index contributed by atoms with van der Waals surface area (Å²) in [5.74, 6) is 1.19. The lowest BCUT2D eigenvalue weighted by atomic mass is 10.0. The maximum atomic E-state index is 6.00. The van der Waals surface area contributed by atoms with E-state index >= 15 is 0 Å². The smallest absolute Gasteiger partial charge is 0.153 e. The normalized spacial score (nSPS) is 10.1. The average molecular weight is 244 g/mol. The molecule has 0 aromatic heterocycles. The highest BCUT2D eigenvalue weighted by Gasteiger charge is 2.13. The lowest BCUT2D eigenvalue weighted by molar-refractivity contribution is 0.399. The van der Waals surface area contributed by atoms with E-state index < -0.39 is 0 Å². The van der Waals surface area contributed by atoms with E-state index in [2.05, 4.69) is 0 Å². The first-order chi connectivity index (χ1) is 8.67. The van der Waals surface area contributed by atoms with Gasteiger partial charge in [0.1, 0.15) is 11.4 Å². The highest BCUT2D eigenvalue weighted by atomic mass is 16.5. The zero-order valence-corrected chi connectivity index (χ0v) is 10.4. The van der Waals surface area contributed by atoms with Gasteiger partial charge in [-0.1, -0.05) is 12.1 Å². The van der Waals surface area contributed by atoms with Crippen molar-refractivity contribution in [1.29, 1.82) is 0 Å². The third-order valence-corrected chi connectivity index (χ3v) is 2.78. The Labute approximate surface area is 106 Å². The van der Waals surface area contributed by atoms with Crippen LogP contribution in [0.2, 0.25) is 0 Å². The summed E-state index contributed by atoms with van der Waals surface area (Å²) in [6.45, 7) is 0. The van der Waals surface area contributed by atoms with Gasteiger partial charge in [-0.2, -0.15) is 0 Å². The molecule has 0 radical (unpaired) electrons. The van der Waals surface area contributed by atoms with Gasteiger partial charge in [0.05, 0.1) is 14.2 Å². The molecule has 0 bridgehead atoms.